The van der Waals surface area contributed by atoms with Gasteiger partial charge >= 0.3 is 0 Å². The molecule has 3 nitrogen and oxygen atoms in total. The number of carbonyl (C=O) groups excluding carboxylic acids is 1. The number of hydrogen-bond donors (Lipinski definition) is 2. The molecule has 1 fully saturated rings. The van der Waals surface area contributed by atoms with Crippen LogP contribution in [0.2, 0.25) is 5.02 Å². The van der Waals surface area contributed by atoms with Crippen molar-refractivity contribution in [3.8, 4) is 0 Å². The van der Waals surface area contributed by atoms with Gasteiger partial charge in [-0.05, 0) is 25.1 Å². The van der Waals surface area contributed by atoms with Crippen molar-refractivity contribution in [1.82, 2.24) is 10.6 Å². The molecule has 0 aromatic heterocycles. The number of rotatable bonds is 2. The first-order valence-corrected chi connectivity index (χ1v) is 5.52. The third-order valence-electron chi connectivity index (χ3n) is 2.59. The highest BCUT2D eigenvalue weighted by atomic mass is 35.5. The van der Waals surface area contributed by atoms with E-state index in [2.05, 4.69) is 10.6 Å². The fourth-order valence-corrected chi connectivity index (χ4v) is 1.93. The van der Waals surface area contributed by atoms with Crippen LogP contribution in [-0.4, -0.2) is 25.0 Å². The monoisotopic (exact) mass is 242 g/mol. The van der Waals surface area contributed by atoms with Gasteiger partial charge in [0.1, 0.15) is 5.82 Å². The molecular weight excluding hydrogens is 231 g/mol. The highest BCUT2D eigenvalue weighted by Gasteiger charge is 2.19. The van der Waals surface area contributed by atoms with Crippen molar-refractivity contribution >= 4 is 17.5 Å². The molecule has 1 atom stereocenters. The van der Waals surface area contributed by atoms with Crippen LogP contribution in [0.15, 0.2) is 18.2 Å². The minimum Gasteiger partial charge on any atom is -0.348 e. The van der Waals surface area contributed by atoms with E-state index >= 15 is 0 Å². The summed E-state index contributed by atoms with van der Waals surface area (Å²) in [4.78, 5) is 11.8. The molecule has 16 heavy (non-hydrogen) atoms. The lowest BCUT2D eigenvalue weighted by atomic mass is 10.2. The van der Waals surface area contributed by atoms with Crippen LogP contribution in [-0.2, 0) is 0 Å². The fraction of sp³-hybridized carbons (Fsp3) is 0.364. The summed E-state index contributed by atoms with van der Waals surface area (Å²) in [6, 6.07) is 4.33. The average Bonchev–Trinajstić information content (AvgIpc) is 2.74. The predicted molar refractivity (Wildman–Crippen MR) is 60.2 cm³/mol. The summed E-state index contributed by atoms with van der Waals surface area (Å²) in [5, 5.41) is 5.82. The van der Waals surface area contributed by atoms with Gasteiger partial charge in [0.05, 0.1) is 10.6 Å². The quantitative estimate of drug-likeness (QED) is 0.827. The second-order valence-corrected chi connectivity index (χ2v) is 4.14. The highest BCUT2D eigenvalue weighted by Crippen LogP contribution is 2.19. The van der Waals surface area contributed by atoms with Crippen molar-refractivity contribution in [3.63, 3.8) is 0 Å². The van der Waals surface area contributed by atoms with Gasteiger partial charge in [-0.2, -0.15) is 0 Å². The van der Waals surface area contributed by atoms with Crippen molar-refractivity contribution in [3.05, 3.63) is 34.6 Å². The Morgan fingerprint density at radius 1 is 1.56 bits per heavy atom. The molecule has 1 saturated heterocycles. The normalized spacial score (nSPS) is 19.8. The molecule has 1 aromatic rings. The number of halogens is 2. The van der Waals surface area contributed by atoms with Gasteiger partial charge in [0.25, 0.3) is 5.91 Å². The second-order valence-electron chi connectivity index (χ2n) is 3.76. The second kappa shape index (κ2) is 4.80. The molecule has 1 heterocycles. The third-order valence-corrected chi connectivity index (χ3v) is 2.98. The Balaban J connectivity index is 2.11. The molecular formula is C11H12ClFN2O. The van der Waals surface area contributed by atoms with Gasteiger partial charge in [-0.15, -0.1) is 0 Å². The molecule has 1 aromatic carbocycles. The van der Waals surface area contributed by atoms with E-state index in [0.29, 0.717) is 0 Å². The largest absolute Gasteiger partial charge is 0.348 e. The first-order chi connectivity index (χ1) is 7.68. The minimum atomic E-state index is -0.570. The van der Waals surface area contributed by atoms with Gasteiger partial charge in [-0.3, -0.25) is 4.79 Å². The summed E-state index contributed by atoms with van der Waals surface area (Å²) >= 11 is 5.72. The number of nitrogens with one attached hydrogen (secondary N) is 2. The van der Waals surface area contributed by atoms with E-state index in [1.54, 1.807) is 0 Å². The Morgan fingerprint density at radius 3 is 3.06 bits per heavy atom. The van der Waals surface area contributed by atoms with E-state index in [0.717, 1.165) is 19.5 Å². The summed E-state index contributed by atoms with van der Waals surface area (Å²) in [7, 11) is 0. The topological polar surface area (TPSA) is 41.1 Å². The maximum atomic E-state index is 13.1. The Morgan fingerprint density at radius 2 is 2.38 bits per heavy atom. The first-order valence-electron chi connectivity index (χ1n) is 5.14. The summed E-state index contributed by atoms with van der Waals surface area (Å²) in [6.07, 6.45) is 0.888. The minimum absolute atomic E-state index is 0.104. The van der Waals surface area contributed by atoms with Crippen LogP contribution in [0.1, 0.15) is 16.8 Å². The van der Waals surface area contributed by atoms with Gasteiger partial charge < -0.3 is 10.6 Å². The summed E-state index contributed by atoms with van der Waals surface area (Å²) in [5.41, 5.74) is 0.188. The lowest BCUT2D eigenvalue weighted by molar-refractivity contribution is 0.0940. The van der Waals surface area contributed by atoms with E-state index in [1.165, 1.54) is 18.2 Å². The molecule has 0 spiro atoms. The van der Waals surface area contributed by atoms with Crippen LogP contribution < -0.4 is 10.6 Å². The molecule has 2 N–H and O–H groups in total. The van der Waals surface area contributed by atoms with Crippen LogP contribution >= 0.6 is 11.6 Å². The van der Waals surface area contributed by atoms with Crippen LogP contribution in [0.5, 0.6) is 0 Å². The van der Waals surface area contributed by atoms with Crippen molar-refractivity contribution in [2.24, 2.45) is 0 Å². The summed E-state index contributed by atoms with van der Waals surface area (Å²) < 4.78 is 13.1. The van der Waals surface area contributed by atoms with Gasteiger partial charge in [-0.25, -0.2) is 4.39 Å². The summed E-state index contributed by atoms with van der Waals surface area (Å²) in [5.74, 6) is -0.892. The molecule has 0 aliphatic carbocycles. The van der Waals surface area contributed by atoms with Gasteiger partial charge in [0, 0.05) is 12.6 Å². The number of hydrogen-bond acceptors (Lipinski definition) is 2. The Labute approximate surface area is 98.0 Å². The molecule has 2 rings (SSSR count). The van der Waals surface area contributed by atoms with E-state index in [1.807, 2.05) is 0 Å². The predicted octanol–water partition coefficient (Wildman–Crippen LogP) is 1.57. The Bertz CT molecular complexity index is 405. The van der Waals surface area contributed by atoms with Crippen LogP contribution in [0.3, 0.4) is 0 Å². The number of benzene rings is 1. The third kappa shape index (κ3) is 2.33. The van der Waals surface area contributed by atoms with E-state index < -0.39 is 5.82 Å². The Kier molecular flexibility index (Phi) is 3.41. The molecule has 1 aliphatic rings. The summed E-state index contributed by atoms with van der Waals surface area (Å²) in [6.45, 7) is 1.64. The molecule has 1 amide bonds. The zero-order chi connectivity index (χ0) is 11.5. The van der Waals surface area contributed by atoms with Gasteiger partial charge in [0.15, 0.2) is 0 Å². The average molecular weight is 243 g/mol. The van der Waals surface area contributed by atoms with Gasteiger partial charge in [0.2, 0.25) is 0 Å². The van der Waals surface area contributed by atoms with E-state index in [4.69, 9.17) is 11.6 Å². The lowest BCUT2D eigenvalue weighted by Gasteiger charge is -2.12. The van der Waals surface area contributed by atoms with Gasteiger partial charge in [-0.1, -0.05) is 17.7 Å². The van der Waals surface area contributed by atoms with Crippen molar-refractivity contribution in [1.29, 1.82) is 0 Å². The number of amides is 1. The first kappa shape index (κ1) is 11.4. The fourth-order valence-electron chi connectivity index (χ4n) is 1.72. The van der Waals surface area contributed by atoms with E-state index in [-0.39, 0.29) is 22.5 Å². The van der Waals surface area contributed by atoms with Crippen molar-refractivity contribution < 1.29 is 9.18 Å². The lowest BCUT2D eigenvalue weighted by Crippen LogP contribution is -2.36. The maximum Gasteiger partial charge on any atom is 0.253 e. The molecule has 0 radical (unpaired) electrons. The molecule has 5 heteroatoms. The molecule has 86 valence electrons. The molecule has 0 bridgehead atoms. The van der Waals surface area contributed by atoms with Crippen LogP contribution in [0.25, 0.3) is 0 Å². The van der Waals surface area contributed by atoms with Crippen molar-refractivity contribution in [2.45, 2.75) is 12.5 Å². The molecule has 1 aliphatic heterocycles. The van der Waals surface area contributed by atoms with Crippen LogP contribution in [0.4, 0.5) is 4.39 Å². The zero-order valence-corrected chi connectivity index (χ0v) is 9.35. The van der Waals surface area contributed by atoms with E-state index in [9.17, 15) is 9.18 Å². The maximum absolute atomic E-state index is 13.1. The Hall–Kier alpha value is -1.13. The number of carbonyl (C=O) groups is 1. The molecule has 0 unspecified atom stereocenters. The molecule has 0 saturated carbocycles. The smallest absolute Gasteiger partial charge is 0.253 e. The highest BCUT2D eigenvalue weighted by molar-refractivity contribution is 6.34. The van der Waals surface area contributed by atoms with Crippen molar-refractivity contribution in [2.75, 3.05) is 13.1 Å². The standard InChI is InChI=1S/C11H12ClFN2O/c12-10-8(2-1-3-9(10)13)11(16)15-7-4-5-14-6-7/h1-3,7,14H,4-6H2,(H,15,16)/t7-/m1/s1. The zero-order valence-electron chi connectivity index (χ0n) is 8.59. The SMILES string of the molecule is O=C(N[C@@H]1CCNC1)c1cccc(F)c1Cl. The van der Waals surface area contributed by atoms with Crippen LogP contribution in [0, 0.1) is 5.82 Å².